The van der Waals surface area contributed by atoms with Gasteiger partial charge in [0.25, 0.3) is 0 Å². The first-order valence-electron chi connectivity index (χ1n) is 6.64. The summed E-state index contributed by atoms with van der Waals surface area (Å²) in [5.41, 5.74) is 1.01. The summed E-state index contributed by atoms with van der Waals surface area (Å²) in [4.78, 5) is 0. The molecule has 0 bridgehead atoms. The zero-order chi connectivity index (χ0) is 12.6. The van der Waals surface area contributed by atoms with Crippen LogP contribution in [0.4, 0.5) is 0 Å². The molecule has 94 valence electrons. The van der Waals surface area contributed by atoms with Crippen molar-refractivity contribution in [3.05, 3.63) is 29.3 Å². The Morgan fingerprint density at radius 1 is 1.28 bits per heavy atom. The lowest BCUT2D eigenvalue weighted by Gasteiger charge is -2.43. The van der Waals surface area contributed by atoms with E-state index in [0.29, 0.717) is 23.3 Å². The molecule has 1 aromatic rings. The molecule has 0 radical (unpaired) electrons. The number of ether oxygens (including phenoxy) is 1. The maximum Gasteiger partial charge on any atom is 0.127 e. The van der Waals surface area contributed by atoms with E-state index in [9.17, 15) is 5.11 Å². The van der Waals surface area contributed by atoms with Crippen molar-refractivity contribution in [1.82, 2.24) is 0 Å². The Morgan fingerprint density at radius 3 is 2.78 bits per heavy atom. The first-order valence-corrected chi connectivity index (χ1v) is 6.64. The third-order valence-corrected chi connectivity index (χ3v) is 4.18. The van der Waals surface area contributed by atoms with Crippen molar-refractivity contribution in [2.45, 2.75) is 50.2 Å². The molecule has 0 amide bonds. The number of aliphatic hydroxyl groups excluding tert-OH is 1. The lowest BCUT2D eigenvalue weighted by atomic mass is 9.77. The van der Waals surface area contributed by atoms with E-state index in [1.807, 2.05) is 12.1 Å². The van der Waals surface area contributed by atoms with Crippen LogP contribution in [0.3, 0.4) is 0 Å². The van der Waals surface area contributed by atoms with Crippen molar-refractivity contribution >= 4 is 0 Å². The number of benzene rings is 1. The highest BCUT2D eigenvalue weighted by Gasteiger charge is 2.42. The van der Waals surface area contributed by atoms with Crippen LogP contribution in [-0.4, -0.2) is 10.7 Å². The minimum Gasteiger partial charge on any atom is -0.487 e. The van der Waals surface area contributed by atoms with Crippen LogP contribution in [0.2, 0.25) is 0 Å². The summed E-state index contributed by atoms with van der Waals surface area (Å²) in [5.74, 6) is 0.703. The Hall–Kier alpha value is -1.53. The number of aliphatic hydroxyl groups is 1. The van der Waals surface area contributed by atoms with Crippen molar-refractivity contribution < 1.29 is 9.84 Å². The molecule has 0 aromatic heterocycles. The van der Waals surface area contributed by atoms with Gasteiger partial charge in [0.15, 0.2) is 0 Å². The van der Waals surface area contributed by atoms with Crippen molar-refractivity contribution in [3.63, 3.8) is 0 Å². The SMILES string of the molecule is N#Cc1cccc2c1C(O)CC1(CCCCC1)O2. The third kappa shape index (κ3) is 1.77. The summed E-state index contributed by atoms with van der Waals surface area (Å²) in [6, 6.07) is 7.57. The van der Waals surface area contributed by atoms with Gasteiger partial charge in [0, 0.05) is 12.0 Å². The lowest BCUT2D eigenvalue weighted by Crippen LogP contribution is -2.42. The highest BCUT2D eigenvalue weighted by atomic mass is 16.5. The average molecular weight is 243 g/mol. The second kappa shape index (κ2) is 4.29. The van der Waals surface area contributed by atoms with Crippen LogP contribution in [0.1, 0.15) is 55.8 Å². The van der Waals surface area contributed by atoms with Gasteiger partial charge in [-0.3, -0.25) is 0 Å². The Morgan fingerprint density at radius 2 is 2.06 bits per heavy atom. The molecule has 1 heterocycles. The van der Waals surface area contributed by atoms with Gasteiger partial charge in [0.05, 0.1) is 17.7 Å². The van der Waals surface area contributed by atoms with E-state index in [1.165, 1.54) is 19.3 Å². The highest BCUT2D eigenvalue weighted by Crippen LogP contribution is 2.46. The van der Waals surface area contributed by atoms with Gasteiger partial charge in [0.2, 0.25) is 0 Å². The van der Waals surface area contributed by atoms with Crippen LogP contribution in [-0.2, 0) is 0 Å². The fourth-order valence-electron chi connectivity index (χ4n) is 3.31. The monoisotopic (exact) mass is 243 g/mol. The Bertz CT molecular complexity index is 498. The molecular weight excluding hydrogens is 226 g/mol. The van der Waals surface area contributed by atoms with E-state index in [0.717, 1.165) is 12.8 Å². The lowest BCUT2D eigenvalue weighted by molar-refractivity contribution is -0.0382. The van der Waals surface area contributed by atoms with E-state index in [4.69, 9.17) is 10.00 Å². The molecule has 3 nitrogen and oxygen atoms in total. The Balaban J connectivity index is 2.00. The molecule has 3 rings (SSSR count). The van der Waals surface area contributed by atoms with Crippen molar-refractivity contribution in [2.24, 2.45) is 0 Å². The summed E-state index contributed by atoms with van der Waals surface area (Å²) >= 11 is 0. The molecule has 18 heavy (non-hydrogen) atoms. The topological polar surface area (TPSA) is 53.2 Å². The van der Waals surface area contributed by atoms with Gasteiger partial charge in [0.1, 0.15) is 11.4 Å². The molecule has 1 saturated carbocycles. The zero-order valence-electron chi connectivity index (χ0n) is 10.4. The van der Waals surface area contributed by atoms with Crippen molar-refractivity contribution in [3.8, 4) is 11.8 Å². The van der Waals surface area contributed by atoms with E-state index < -0.39 is 6.10 Å². The number of rotatable bonds is 0. The highest BCUT2D eigenvalue weighted by molar-refractivity contribution is 5.49. The van der Waals surface area contributed by atoms with Gasteiger partial charge in [-0.15, -0.1) is 0 Å². The summed E-state index contributed by atoms with van der Waals surface area (Å²) in [7, 11) is 0. The molecule has 1 aromatic carbocycles. The first kappa shape index (κ1) is 11.6. The number of hydrogen-bond acceptors (Lipinski definition) is 3. The van der Waals surface area contributed by atoms with Gasteiger partial charge in [-0.25, -0.2) is 0 Å². The Kier molecular flexibility index (Phi) is 2.76. The summed E-state index contributed by atoms with van der Waals surface area (Å²) in [6.07, 6.45) is 5.67. The smallest absolute Gasteiger partial charge is 0.127 e. The molecule has 1 N–H and O–H groups in total. The number of nitrogens with zero attached hydrogens (tertiary/aromatic N) is 1. The van der Waals surface area contributed by atoms with Crippen LogP contribution in [0.5, 0.6) is 5.75 Å². The molecule has 1 aliphatic heterocycles. The number of nitriles is 1. The molecule has 1 unspecified atom stereocenters. The molecule has 3 heteroatoms. The summed E-state index contributed by atoms with van der Waals surface area (Å²) < 4.78 is 6.16. The fraction of sp³-hybridized carbons (Fsp3) is 0.533. The molecule has 2 aliphatic rings. The normalized spacial score (nSPS) is 25.0. The van der Waals surface area contributed by atoms with Gasteiger partial charge in [-0.2, -0.15) is 5.26 Å². The fourth-order valence-corrected chi connectivity index (χ4v) is 3.31. The number of fused-ring (bicyclic) bond motifs is 1. The zero-order valence-corrected chi connectivity index (χ0v) is 10.4. The van der Waals surface area contributed by atoms with Crippen molar-refractivity contribution in [1.29, 1.82) is 5.26 Å². The van der Waals surface area contributed by atoms with Gasteiger partial charge in [-0.05, 0) is 37.8 Å². The van der Waals surface area contributed by atoms with Gasteiger partial charge >= 0.3 is 0 Å². The summed E-state index contributed by atoms with van der Waals surface area (Å²) in [5, 5.41) is 19.5. The van der Waals surface area contributed by atoms with Gasteiger partial charge in [-0.1, -0.05) is 12.5 Å². The minimum absolute atomic E-state index is 0.196. The first-order chi connectivity index (χ1) is 8.74. The van der Waals surface area contributed by atoms with E-state index in [-0.39, 0.29) is 5.60 Å². The minimum atomic E-state index is -0.567. The second-order valence-corrected chi connectivity index (χ2v) is 5.39. The standard InChI is InChI=1S/C15H17NO2/c16-10-11-5-4-6-13-14(11)12(17)9-15(18-13)7-2-1-3-8-15/h4-6,12,17H,1-3,7-9H2. The molecule has 1 atom stereocenters. The second-order valence-electron chi connectivity index (χ2n) is 5.39. The predicted molar refractivity (Wildman–Crippen MR) is 67.2 cm³/mol. The largest absolute Gasteiger partial charge is 0.487 e. The van der Waals surface area contributed by atoms with Gasteiger partial charge < -0.3 is 9.84 Å². The molecule has 1 fully saturated rings. The van der Waals surface area contributed by atoms with E-state index >= 15 is 0 Å². The Labute approximate surface area is 107 Å². The van der Waals surface area contributed by atoms with E-state index in [2.05, 4.69) is 6.07 Å². The molecule has 1 aliphatic carbocycles. The van der Waals surface area contributed by atoms with Crippen LogP contribution < -0.4 is 4.74 Å². The van der Waals surface area contributed by atoms with Crippen molar-refractivity contribution in [2.75, 3.05) is 0 Å². The molecule has 0 saturated heterocycles. The van der Waals surface area contributed by atoms with Crippen LogP contribution in [0.25, 0.3) is 0 Å². The van der Waals surface area contributed by atoms with Crippen LogP contribution in [0, 0.1) is 11.3 Å². The van der Waals surface area contributed by atoms with E-state index in [1.54, 1.807) is 6.07 Å². The summed E-state index contributed by atoms with van der Waals surface area (Å²) in [6.45, 7) is 0. The third-order valence-electron chi connectivity index (χ3n) is 4.18. The van der Waals surface area contributed by atoms with Crippen LogP contribution in [0.15, 0.2) is 18.2 Å². The average Bonchev–Trinajstić information content (AvgIpc) is 2.38. The van der Waals surface area contributed by atoms with Crippen LogP contribution >= 0.6 is 0 Å². The number of hydrogen-bond donors (Lipinski definition) is 1. The maximum atomic E-state index is 10.4. The maximum absolute atomic E-state index is 10.4. The molecular formula is C15H17NO2. The molecule has 1 spiro atoms. The predicted octanol–water partition coefficient (Wildman–Crippen LogP) is 3.08. The quantitative estimate of drug-likeness (QED) is 0.761.